The van der Waals surface area contributed by atoms with Gasteiger partial charge < -0.3 is 4.74 Å². The molecule has 0 N–H and O–H groups in total. The summed E-state index contributed by atoms with van der Waals surface area (Å²) in [6, 6.07) is 15.8. The summed E-state index contributed by atoms with van der Waals surface area (Å²) in [5.74, 6) is -0.498. The molecule has 26 heavy (non-hydrogen) atoms. The lowest BCUT2D eigenvalue weighted by Crippen LogP contribution is -2.30. The Morgan fingerprint density at radius 1 is 1.08 bits per heavy atom. The van der Waals surface area contributed by atoms with E-state index in [1.54, 1.807) is 19.1 Å². The average Bonchev–Trinajstić information content (AvgIpc) is 2.65. The predicted octanol–water partition coefficient (Wildman–Crippen LogP) is 2.97. The van der Waals surface area contributed by atoms with E-state index in [0.29, 0.717) is 5.71 Å². The van der Waals surface area contributed by atoms with Gasteiger partial charge in [0.2, 0.25) is 0 Å². The first kappa shape index (κ1) is 19.7. The molecule has 0 aliphatic rings. The second-order valence-corrected chi connectivity index (χ2v) is 7.58. The summed E-state index contributed by atoms with van der Waals surface area (Å²) in [5.41, 5.74) is 2.29. The lowest BCUT2D eigenvalue weighted by molar-refractivity contribution is -0.140. The molecule has 0 spiro atoms. The van der Waals surface area contributed by atoms with Gasteiger partial charge in [0.1, 0.15) is 0 Å². The smallest absolute Gasteiger partial charge is 0.307 e. The van der Waals surface area contributed by atoms with Gasteiger partial charge in [-0.3, -0.25) is 4.79 Å². The number of nitrogens with zero attached hydrogens (tertiary/aromatic N) is 2. The van der Waals surface area contributed by atoms with E-state index in [1.807, 2.05) is 37.3 Å². The fourth-order valence-electron chi connectivity index (χ4n) is 2.25. The number of sulfonamides is 1. The van der Waals surface area contributed by atoms with E-state index in [9.17, 15) is 13.2 Å². The molecule has 2 aromatic carbocycles. The van der Waals surface area contributed by atoms with Crippen molar-refractivity contribution >= 4 is 21.7 Å². The average molecular weight is 374 g/mol. The molecule has 2 aromatic rings. The summed E-state index contributed by atoms with van der Waals surface area (Å²) in [5, 5.41) is 4.28. The third kappa shape index (κ3) is 4.92. The zero-order chi connectivity index (χ0) is 19.2. The van der Waals surface area contributed by atoms with Crippen LogP contribution in [-0.2, 0) is 19.6 Å². The SMILES string of the molecule is COC(=O)CCN(/N=C(/C)c1ccccc1)S(=O)(=O)c1ccc(C)cc1. The van der Waals surface area contributed by atoms with E-state index in [4.69, 9.17) is 0 Å². The number of hydrogen-bond donors (Lipinski definition) is 0. The maximum Gasteiger partial charge on any atom is 0.307 e. The van der Waals surface area contributed by atoms with Crippen molar-refractivity contribution in [1.82, 2.24) is 4.41 Å². The molecule has 0 saturated carbocycles. The molecular formula is C19H22N2O4S. The van der Waals surface area contributed by atoms with Crippen LogP contribution in [0.5, 0.6) is 0 Å². The molecule has 6 nitrogen and oxygen atoms in total. The highest BCUT2D eigenvalue weighted by atomic mass is 32.2. The zero-order valence-corrected chi connectivity index (χ0v) is 15.9. The second kappa shape index (κ2) is 8.62. The first-order valence-corrected chi connectivity index (χ1v) is 9.55. The second-order valence-electron chi connectivity index (χ2n) is 5.74. The Kier molecular flexibility index (Phi) is 6.52. The Balaban J connectivity index is 2.39. The Morgan fingerprint density at radius 3 is 2.27 bits per heavy atom. The van der Waals surface area contributed by atoms with Crippen molar-refractivity contribution in [2.45, 2.75) is 25.2 Å². The van der Waals surface area contributed by atoms with E-state index in [1.165, 1.54) is 19.2 Å². The van der Waals surface area contributed by atoms with Gasteiger partial charge in [0.05, 0.1) is 30.7 Å². The molecule has 0 amide bonds. The third-order valence-corrected chi connectivity index (χ3v) is 5.47. The van der Waals surface area contributed by atoms with Crippen LogP contribution in [0, 0.1) is 6.92 Å². The van der Waals surface area contributed by atoms with Crippen molar-refractivity contribution < 1.29 is 17.9 Å². The van der Waals surface area contributed by atoms with E-state index < -0.39 is 16.0 Å². The molecule has 138 valence electrons. The molecule has 0 aliphatic heterocycles. The largest absolute Gasteiger partial charge is 0.469 e. The van der Waals surface area contributed by atoms with Gasteiger partial charge in [0.25, 0.3) is 10.0 Å². The minimum atomic E-state index is -3.89. The first-order chi connectivity index (χ1) is 12.3. The van der Waals surface area contributed by atoms with Crippen LogP contribution in [0.1, 0.15) is 24.5 Å². The Morgan fingerprint density at radius 2 is 1.69 bits per heavy atom. The minimum Gasteiger partial charge on any atom is -0.469 e. The summed E-state index contributed by atoms with van der Waals surface area (Å²) >= 11 is 0. The summed E-state index contributed by atoms with van der Waals surface area (Å²) in [6.45, 7) is 3.50. The van der Waals surface area contributed by atoms with E-state index in [0.717, 1.165) is 15.5 Å². The van der Waals surface area contributed by atoms with Crippen molar-refractivity contribution in [3.63, 3.8) is 0 Å². The highest BCUT2D eigenvalue weighted by Gasteiger charge is 2.24. The zero-order valence-electron chi connectivity index (χ0n) is 15.0. The standard InChI is InChI=1S/C19H22N2O4S/c1-15-9-11-18(12-10-15)26(23,24)21(14-13-19(22)25-3)20-16(2)17-7-5-4-6-8-17/h4-12H,13-14H2,1-3H3/b20-16-. The van der Waals surface area contributed by atoms with Crippen LogP contribution in [0.4, 0.5) is 0 Å². The number of esters is 1. The molecule has 7 heteroatoms. The van der Waals surface area contributed by atoms with Gasteiger partial charge in [-0.1, -0.05) is 48.0 Å². The lowest BCUT2D eigenvalue weighted by atomic mass is 10.1. The first-order valence-electron chi connectivity index (χ1n) is 8.11. The van der Waals surface area contributed by atoms with Gasteiger partial charge in [-0.2, -0.15) is 17.9 Å². The number of carbonyl (C=O) groups is 1. The molecule has 0 bridgehead atoms. The topological polar surface area (TPSA) is 76.0 Å². The van der Waals surface area contributed by atoms with Crippen molar-refractivity contribution in [1.29, 1.82) is 0 Å². The lowest BCUT2D eigenvalue weighted by Gasteiger charge is -2.20. The Labute approximate surface area is 154 Å². The molecular weight excluding hydrogens is 352 g/mol. The molecule has 0 fully saturated rings. The van der Waals surface area contributed by atoms with Gasteiger partial charge in [-0.15, -0.1) is 0 Å². The van der Waals surface area contributed by atoms with Crippen LogP contribution in [-0.4, -0.2) is 38.2 Å². The number of hydrogen-bond acceptors (Lipinski definition) is 5. The fourth-order valence-corrected chi connectivity index (χ4v) is 3.53. The molecule has 0 aliphatic carbocycles. The van der Waals surface area contributed by atoms with Crippen LogP contribution >= 0.6 is 0 Å². The maximum absolute atomic E-state index is 13.0. The molecule has 0 atom stereocenters. The Bertz CT molecular complexity index is 876. The van der Waals surface area contributed by atoms with Crippen LogP contribution in [0.3, 0.4) is 0 Å². The molecule has 0 saturated heterocycles. The van der Waals surface area contributed by atoms with E-state index in [2.05, 4.69) is 9.84 Å². The number of hydrazone groups is 1. The van der Waals surface area contributed by atoms with Crippen molar-refractivity contribution in [3.8, 4) is 0 Å². The van der Waals surface area contributed by atoms with E-state index in [-0.39, 0.29) is 17.9 Å². The van der Waals surface area contributed by atoms with Gasteiger partial charge in [0.15, 0.2) is 0 Å². The number of rotatable bonds is 7. The number of ether oxygens (including phenoxy) is 1. The van der Waals surface area contributed by atoms with Gasteiger partial charge in [0, 0.05) is 0 Å². The maximum atomic E-state index is 13.0. The summed E-state index contributed by atoms with van der Waals surface area (Å²) < 4.78 is 31.5. The van der Waals surface area contributed by atoms with Crippen LogP contribution in [0.25, 0.3) is 0 Å². The molecule has 0 heterocycles. The van der Waals surface area contributed by atoms with Crippen LogP contribution in [0.2, 0.25) is 0 Å². The fraction of sp³-hybridized carbons (Fsp3) is 0.263. The van der Waals surface area contributed by atoms with E-state index >= 15 is 0 Å². The number of benzene rings is 2. The predicted molar refractivity (Wildman–Crippen MR) is 100 cm³/mol. The minimum absolute atomic E-state index is 0.0901. The highest BCUT2D eigenvalue weighted by molar-refractivity contribution is 7.89. The number of aryl methyl sites for hydroxylation is 1. The molecule has 0 radical (unpaired) electrons. The van der Waals surface area contributed by atoms with Crippen LogP contribution < -0.4 is 0 Å². The molecule has 0 aromatic heterocycles. The number of carbonyl (C=O) groups excluding carboxylic acids is 1. The third-order valence-electron chi connectivity index (χ3n) is 3.78. The van der Waals surface area contributed by atoms with Crippen molar-refractivity contribution in [3.05, 3.63) is 65.7 Å². The van der Waals surface area contributed by atoms with Crippen LogP contribution in [0.15, 0.2) is 64.6 Å². The van der Waals surface area contributed by atoms with Crippen molar-refractivity contribution in [2.75, 3.05) is 13.7 Å². The Hall–Kier alpha value is -2.67. The summed E-state index contributed by atoms with van der Waals surface area (Å²) in [6.07, 6.45) is -0.0901. The van der Waals surface area contributed by atoms with Gasteiger partial charge in [-0.25, -0.2) is 0 Å². The molecule has 0 unspecified atom stereocenters. The van der Waals surface area contributed by atoms with Gasteiger partial charge >= 0.3 is 5.97 Å². The number of methoxy groups -OCH3 is 1. The normalized spacial score (nSPS) is 11.9. The summed E-state index contributed by atoms with van der Waals surface area (Å²) in [4.78, 5) is 11.6. The molecule has 2 rings (SSSR count). The quantitative estimate of drug-likeness (QED) is 0.424. The summed E-state index contributed by atoms with van der Waals surface area (Å²) in [7, 11) is -2.62. The van der Waals surface area contributed by atoms with Crippen molar-refractivity contribution in [2.24, 2.45) is 5.10 Å². The van der Waals surface area contributed by atoms with Gasteiger partial charge in [-0.05, 0) is 31.5 Å². The monoisotopic (exact) mass is 374 g/mol. The highest BCUT2D eigenvalue weighted by Crippen LogP contribution is 2.18.